The summed E-state index contributed by atoms with van der Waals surface area (Å²) in [6, 6.07) is 21.9. The van der Waals surface area contributed by atoms with E-state index in [0.717, 1.165) is 34.3 Å². The van der Waals surface area contributed by atoms with Gasteiger partial charge in [0.05, 0.1) is 16.9 Å². The average Bonchev–Trinajstić information content (AvgIpc) is 3.20. The summed E-state index contributed by atoms with van der Waals surface area (Å²) in [5.41, 5.74) is 5.58. The van der Waals surface area contributed by atoms with Crippen molar-refractivity contribution in [1.82, 2.24) is 14.8 Å². The molecule has 2 aliphatic rings. The Morgan fingerprint density at radius 2 is 1.77 bits per heavy atom. The quantitative estimate of drug-likeness (QED) is 0.487. The van der Waals surface area contributed by atoms with Crippen molar-refractivity contribution in [2.75, 3.05) is 18.5 Å². The van der Waals surface area contributed by atoms with Crippen LogP contribution in [0.2, 0.25) is 0 Å². The van der Waals surface area contributed by atoms with Gasteiger partial charge in [0.25, 0.3) is 5.91 Å². The van der Waals surface area contributed by atoms with Crippen LogP contribution in [-0.2, 0) is 24.3 Å². The molecule has 35 heavy (non-hydrogen) atoms. The van der Waals surface area contributed by atoms with Gasteiger partial charge in [-0.25, -0.2) is 4.39 Å². The highest BCUT2D eigenvalue weighted by atomic mass is 19.1. The Balaban J connectivity index is 1.39. The van der Waals surface area contributed by atoms with Crippen LogP contribution in [0, 0.1) is 5.82 Å². The molecule has 0 fully saturated rings. The fourth-order valence-corrected chi connectivity index (χ4v) is 5.48. The van der Waals surface area contributed by atoms with Gasteiger partial charge in [0, 0.05) is 31.0 Å². The first-order chi connectivity index (χ1) is 17.0. The standard InChI is InChI=1S/C28H25FN4O2/c1-31-23-8-4-3-7-22(23)28(35)32-15-14-21-20-6-2-5-9-24(20)33(26(21)27(31)32)17-25(34)30-16-18-10-12-19(29)13-11-18/h2-13,27H,14-17H2,1H3,(H,30,34). The summed E-state index contributed by atoms with van der Waals surface area (Å²) in [6.45, 7) is 1.08. The van der Waals surface area contributed by atoms with Crippen LogP contribution < -0.4 is 10.2 Å². The molecule has 6 nitrogen and oxygen atoms in total. The van der Waals surface area contributed by atoms with Crippen LogP contribution >= 0.6 is 0 Å². The molecular weight excluding hydrogens is 443 g/mol. The van der Waals surface area contributed by atoms with E-state index >= 15 is 0 Å². The van der Waals surface area contributed by atoms with Crippen LogP contribution in [0.5, 0.6) is 0 Å². The van der Waals surface area contributed by atoms with Gasteiger partial charge in [-0.05, 0) is 47.9 Å². The number of benzene rings is 3. The molecule has 2 amide bonds. The van der Waals surface area contributed by atoms with E-state index in [4.69, 9.17) is 0 Å². The molecule has 0 spiro atoms. The number of nitrogens with one attached hydrogen (secondary N) is 1. The number of hydrogen-bond donors (Lipinski definition) is 1. The van der Waals surface area contributed by atoms with Crippen molar-refractivity contribution in [3.05, 3.63) is 101 Å². The van der Waals surface area contributed by atoms with Gasteiger partial charge in [0.15, 0.2) is 0 Å². The zero-order chi connectivity index (χ0) is 24.1. The Labute approximate surface area is 202 Å². The maximum Gasteiger partial charge on any atom is 0.257 e. The molecule has 176 valence electrons. The first-order valence-corrected chi connectivity index (χ1v) is 11.8. The fourth-order valence-electron chi connectivity index (χ4n) is 5.48. The molecule has 1 unspecified atom stereocenters. The molecule has 0 saturated heterocycles. The number of hydrogen-bond acceptors (Lipinski definition) is 3. The number of carbonyl (C=O) groups excluding carboxylic acids is 2. The Morgan fingerprint density at radius 3 is 2.60 bits per heavy atom. The number of amides is 2. The monoisotopic (exact) mass is 468 g/mol. The molecule has 4 aromatic rings. The predicted molar refractivity (Wildman–Crippen MR) is 133 cm³/mol. The minimum atomic E-state index is -0.303. The first-order valence-electron chi connectivity index (χ1n) is 11.8. The Kier molecular flexibility index (Phi) is 5.06. The zero-order valence-corrected chi connectivity index (χ0v) is 19.4. The molecule has 3 heterocycles. The molecule has 6 rings (SSSR count). The number of aromatic nitrogens is 1. The maximum absolute atomic E-state index is 13.4. The van der Waals surface area contributed by atoms with Crippen LogP contribution in [0.25, 0.3) is 10.9 Å². The number of nitrogens with zero attached hydrogens (tertiary/aromatic N) is 3. The van der Waals surface area contributed by atoms with Crippen LogP contribution in [0.3, 0.4) is 0 Å². The highest BCUT2D eigenvalue weighted by molar-refractivity contribution is 6.02. The number of halogens is 1. The van der Waals surface area contributed by atoms with Crippen molar-refractivity contribution >= 4 is 28.4 Å². The lowest BCUT2D eigenvalue weighted by Crippen LogP contribution is -2.51. The smallest absolute Gasteiger partial charge is 0.257 e. The molecule has 0 aliphatic carbocycles. The van der Waals surface area contributed by atoms with Gasteiger partial charge in [-0.2, -0.15) is 0 Å². The van der Waals surface area contributed by atoms with Crippen molar-refractivity contribution < 1.29 is 14.0 Å². The van der Waals surface area contributed by atoms with E-state index in [1.165, 1.54) is 17.7 Å². The lowest BCUT2D eigenvalue weighted by molar-refractivity contribution is -0.121. The Hall–Kier alpha value is -4.13. The third kappa shape index (κ3) is 3.46. The van der Waals surface area contributed by atoms with Crippen molar-refractivity contribution in [2.45, 2.75) is 25.7 Å². The summed E-state index contributed by atoms with van der Waals surface area (Å²) in [5, 5.41) is 4.08. The average molecular weight is 469 g/mol. The van der Waals surface area contributed by atoms with Gasteiger partial charge >= 0.3 is 0 Å². The molecule has 3 aromatic carbocycles. The highest BCUT2D eigenvalue weighted by Gasteiger charge is 2.42. The first kappa shape index (κ1) is 21.4. The summed E-state index contributed by atoms with van der Waals surface area (Å²) in [4.78, 5) is 30.6. The Morgan fingerprint density at radius 1 is 1.03 bits per heavy atom. The van der Waals surface area contributed by atoms with Crippen molar-refractivity contribution in [2.24, 2.45) is 0 Å². The van der Waals surface area contributed by atoms with Gasteiger partial charge in [-0.3, -0.25) is 9.59 Å². The second kappa shape index (κ2) is 8.27. The number of anilines is 1. The molecule has 1 aromatic heterocycles. The molecule has 1 N–H and O–H groups in total. The predicted octanol–water partition coefficient (Wildman–Crippen LogP) is 4.24. The number of para-hydroxylation sites is 2. The van der Waals surface area contributed by atoms with Crippen molar-refractivity contribution in [1.29, 1.82) is 0 Å². The summed E-state index contributed by atoms with van der Waals surface area (Å²) >= 11 is 0. The van der Waals surface area contributed by atoms with Crippen LogP contribution in [-0.4, -0.2) is 34.9 Å². The van der Waals surface area contributed by atoms with Gasteiger partial charge in [0.1, 0.15) is 18.5 Å². The number of carbonyl (C=O) groups is 2. The lowest BCUT2D eigenvalue weighted by Gasteiger charge is -2.46. The minimum Gasteiger partial charge on any atom is -0.350 e. The van der Waals surface area contributed by atoms with E-state index in [2.05, 4.69) is 20.9 Å². The second-order valence-electron chi connectivity index (χ2n) is 9.12. The van der Waals surface area contributed by atoms with Gasteiger partial charge in [-0.15, -0.1) is 0 Å². The molecule has 2 aliphatic heterocycles. The van der Waals surface area contributed by atoms with Gasteiger partial charge in [-0.1, -0.05) is 42.5 Å². The third-order valence-corrected chi connectivity index (χ3v) is 7.11. The summed E-state index contributed by atoms with van der Waals surface area (Å²) in [7, 11) is 2.01. The molecule has 7 heteroatoms. The molecular formula is C28H25FN4O2. The van der Waals surface area contributed by atoms with E-state index in [1.807, 2.05) is 54.4 Å². The second-order valence-corrected chi connectivity index (χ2v) is 9.12. The van der Waals surface area contributed by atoms with Crippen molar-refractivity contribution in [3.63, 3.8) is 0 Å². The summed E-state index contributed by atoms with van der Waals surface area (Å²) in [5.74, 6) is -0.421. The Bertz CT molecular complexity index is 1460. The van der Waals surface area contributed by atoms with E-state index in [0.29, 0.717) is 18.7 Å². The van der Waals surface area contributed by atoms with Crippen molar-refractivity contribution in [3.8, 4) is 0 Å². The van der Waals surface area contributed by atoms with Crippen LogP contribution in [0.1, 0.15) is 33.3 Å². The van der Waals surface area contributed by atoms with Gasteiger partial charge < -0.3 is 19.7 Å². The lowest BCUT2D eigenvalue weighted by atomic mass is 9.96. The summed E-state index contributed by atoms with van der Waals surface area (Å²) < 4.78 is 15.3. The van der Waals surface area contributed by atoms with E-state index in [-0.39, 0.29) is 30.3 Å². The molecule has 0 radical (unpaired) electrons. The van der Waals surface area contributed by atoms with E-state index in [9.17, 15) is 14.0 Å². The SMILES string of the molecule is CN1c2ccccc2C(=O)N2CCc3c(n(CC(=O)NCc4ccc(F)cc4)c4ccccc34)C21. The fraction of sp³-hybridized carbons (Fsp3) is 0.214. The minimum absolute atomic E-state index is 0.0203. The van der Waals surface area contributed by atoms with Gasteiger partial charge in [0.2, 0.25) is 5.91 Å². The number of rotatable bonds is 4. The summed E-state index contributed by atoms with van der Waals surface area (Å²) in [6.07, 6.45) is 0.441. The van der Waals surface area contributed by atoms with E-state index < -0.39 is 0 Å². The van der Waals surface area contributed by atoms with E-state index in [1.54, 1.807) is 12.1 Å². The maximum atomic E-state index is 13.4. The normalized spacial score (nSPS) is 16.6. The van der Waals surface area contributed by atoms with Crippen LogP contribution in [0.15, 0.2) is 72.8 Å². The zero-order valence-electron chi connectivity index (χ0n) is 19.4. The highest BCUT2D eigenvalue weighted by Crippen LogP contribution is 2.44. The molecule has 1 atom stereocenters. The third-order valence-electron chi connectivity index (χ3n) is 7.11. The topological polar surface area (TPSA) is 57.6 Å². The molecule has 0 bridgehead atoms. The molecule has 0 saturated carbocycles. The number of fused-ring (bicyclic) bond motifs is 6. The van der Waals surface area contributed by atoms with Crippen LogP contribution in [0.4, 0.5) is 10.1 Å². The largest absolute Gasteiger partial charge is 0.350 e.